The summed E-state index contributed by atoms with van der Waals surface area (Å²) < 4.78 is 29.4. The molecule has 0 aliphatic carbocycles. The number of halogens is 1. The number of hydrogen-bond donors (Lipinski definition) is 0. The van der Waals surface area contributed by atoms with E-state index in [1.54, 1.807) is 14.2 Å². The van der Waals surface area contributed by atoms with Gasteiger partial charge in [0.2, 0.25) is 0 Å². The standard InChI is InChI=1S/C25H34BClN2O5/c1-24(2)25(3,4)34-26(33-24)22-11-18(12-23(27)28-22)21-14-29(19(15-30-5)16-32-21)13-17-7-9-20(31-6)10-8-17/h7-12,19,21H,13-16H2,1-6H3/t19-,21-/m0/s1. The Morgan fingerprint density at radius 3 is 2.38 bits per heavy atom. The number of morpholine rings is 1. The van der Waals surface area contributed by atoms with Crippen molar-refractivity contribution in [1.29, 1.82) is 0 Å². The minimum atomic E-state index is -0.581. The fraction of sp³-hybridized carbons (Fsp3) is 0.560. The van der Waals surface area contributed by atoms with Gasteiger partial charge in [0.05, 0.1) is 49.3 Å². The smallest absolute Gasteiger partial charge is 0.497 e. The number of ether oxygens (including phenoxy) is 3. The van der Waals surface area contributed by atoms with Crippen molar-refractivity contribution < 1.29 is 23.5 Å². The molecule has 2 aromatic rings. The van der Waals surface area contributed by atoms with Crippen molar-refractivity contribution in [3.05, 3.63) is 52.7 Å². The second-order valence-electron chi connectivity index (χ2n) is 9.94. The zero-order valence-electron chi connectivity index (χ0n) is 20.8. The molecule has 0 unspecified atom stereocenters. The predicted octanol–water partition coefficient (Wildman–Crippen LogP) is 3.63. The van der Waals surface area contributed by atoms with Crippen molar-refractivity contribution in [1.82, 2.24) is 9.88 Å². The maximum Gasteiger partial charge on any atom is 0.514 e. The van der Waals surface area contributed by atoms with Crippen LogP contribution in [0.1, 0.15) is 44.9 Å². The van der Waals surface area contributed by atoms with E-state index in [0.717, 1.165) is 17.9 Å². The molecule has 184 valence electrons. The van der Waals surface area contributed by atoms with Crippen LogP contribution in [0.2, 0.25) is 5.15 Å². The van der Waals surface area contributed by atoms with E-state index in [1.807, 2.05) is 52.0 Å². The molecule has 1 aromatic carbocycles. The Bertz CT molecular complexity index is 972. The zero-order valence-corrected chi connectivity index (χ0v) is 21.6. The molecule has 0 radical (unpaired) electrons. The molecule has 2 fully saturated rings. The minimum Gasteiger partial charge on any atom is -0.497 e. The van der Waals surface area contributed by atoms with Gasteiger partial charge in [0.1, 0.15) is 10.9 Å². The Morgan fingerprint density at radius 2 is 1.76 bits per heavy atom. The third-order valence-corrected chi connectivity index (χ3v) is 7.21. The topological polar surface area (TPSA) is 62.3 Å². The van der Waals surface area contributed by atoms with Crippen molar-refractivity contribution in [2.75, 3.05) is 34.0 Å². The Balaban J connectivity index is 1.54. The summed E-state index contributed by atoms with van der Waals surface area (Å²) in [4.78, 5) is 6.89. The average Bonchev–Trinajstić information content (AvgIpc) is 3.02. The first-order valence-electron chi connectivity index (χ1n) is 11.6. The second kappa shape index (κ2) is 10.1. The van der Waals surface area contributed by atoms with Gasteiger partial charge in [0.25, 0.3) is 0 Å². The van der Waals surface area contributed by atoms with Crippen molar-refractivity contribution in [2.45, 2.75) is 57.6 Å². The lowest BCUT2D eigenvalue weighted by Gasteiger charge is -2.39. The van der Waals surface area contributed by atoms with E-state index in [9.17, 15) is 0 Å². The minimum absolute atomic E-state index is 0.156. The summed E-state index contributed by atoms with van der Waals surface area (Å²) in [7, 11) is 2.81. The van der Waals surface area contributed by atoms with Crippen LogP contribution in [0.5, 0.6) is 5.75 Å². The average molecular weight is 489 g/mol. The van der Waals surface area contributed by atoms with Crippen LogP contribution in [-0.4, -0.2) is 68.2 Å². The van der Waals surface area contributed by atoms with Crippen LogP contribution in [0, 0.1) is 0 Å². The maximum atomic E-state index is 6.44. The second-order valence-corrected chi connectivity index (χ2v) is 10.3. The number of pyridine rings is 1. The van der Waals surface area contributed by atoms with Crippen LogP contribution < -0.4 is 10.3 Å². The monoisotopic (exact) mass is 488 g/mol. The van der Waals surface area contributed by atoms with E-state index in [1.165, 1.54) is 5.56 Å². The number of nitrogens with zero attached hydrogens (tertiary/aromatic N) is 2. The fourth-order valence-corrected chi connectivity index (χ4v) is 4.49. The van der Waals surface area contributed by atoms with Gasteiger partial charge in [-0.2, -0.15) is 0 Å². The van der Waals surface area contributed by atoms with E-state index < -0.39 is 18.3 Å². The number of hydrogen-bond acceptors (Lipinski definition) is 7. The van der Waals surface area contributed by atoms with Gasteiger partial charge >= 0.3 is 7.12 Å². The van der Waals surface area contributed by atoms with Gasteiger partial charge in [-0.15, -0.1) is 0 Å². The molecule has 2 aliphatic rings. The zero-order chi connectivity index (χ0) is 24.5. The lowest BCUT2D eigenvalue weighted by atomic mass is 9.83. The molecule has 2 atom stereocenters. The van der Waals surface area contributed by atoms with Crippen LogP contribution >= 0.6 is 11.6 Å². The van der Waals surface area contributed by atoms with Crippen LogP contribution in [0.4, 0.5) is 0 Å². The Hall–Kier alpha value is -1.68. The van der Waals surface area contributed by atoms with Crippen molar-refractivity contribution in [2.24, 2.45) is 0 Å². The largest absolute Gasteiger partial charge is 0.514 e. The molecule has 0 N–H and O–H groups in total. The Labute approximate surface area is 207 Å². The highest BCUT2D eigenvalue weighted by Crippen LogP contribution is 2.37. The van der Waals surface area contributed by atoms with Crippen molar-refractivity contribution in [3.63, 3.8) is 0 Å². The van der Waals surface area contributed by atoms with Crippen molar-refractivity contribution in [3.8, 4) is 5.75 Å². The Kier molecular flexibility index (Phi) is 7.57. The van der Waals surface area contributed by atoms with Gasteiger partial charge in [-0.25, -0.2) is 4.98 Å². The molecule has 1 aromatic heterocycles. The lowest BCUT2D eigenvalue weighted by Crippen LogP contribution is -2.48. The quantitative estimate of drug-likeness (QED) is 0.436. The molecule has 34 heavy (non-hydrogen) atoms. The molecule has 9 heteroatoms. The van der Waals surface area contributed by atoms with E-state index in [4.69, 9.17) is 35.1 Å². The summed E-state index contributed by atoms with van der Waals surface area (Å²) in [5.74, 6) is 0.846. The highest BCUT2D eigenvalue weighted by Gasteiger charge is 2.52. The van der Waals surface area contributed by atoms with Gasteiger partial charge in [0, 0.05) is 20.2 Å². The molecular weight excluding hydrogens is 455 g/mol. The van der Waals surface area contributed by atoms with Gasteiger partial charge in [-0.1, -0.05) is 23.7 Å². The SMILES string of the molecule is COC[C@H]1CO[C@H](c2cc(Cl)nc(B3OC(C)(C)C(C)(C)O3)c2)CN1Cc1ccc(OC)cc1. The maximum absolute atomic E-state index is 6.44. The van der Waals surface area contributed by atoms with Crippen molar-refractivity contribution >= 4 is 24.3 Å². The van der Waals surface area contributed by atoms with Crippen LogP contribution in [0.3, 0.4) is 0 Å². The van der Waals surface area contributed by atoms with Gasteiger partial charge in [-0.05, 0) is 63.1 Å². The fourth-order valence-electron chi connectivity index (χ4n) is 4.26. The van der Waals surface area contributed by atoms with Gasteiger partial charge < -0.3 is 23.5 Å². The molecule has 2 aliphatic heterocycles. The number of methoxy groups -OCH3 is 2. The summed E-state index contributed by atoms with van der Waals surface area (Å²) >= 11 is 6.44. The number of benzene rings is 1. The van der Waals surface area contributed by atoms with E-state index >= 15 is 0 Å². The first kappa shape index (κ1) is 25.4. The first-order chi connectivity index (χ1) is 16.1. The van der Waals surface area contributed by atoms with E-state index in [0.29, 0.717) is 30.5 Å². The van der Waals surface area contributed by atoms with E-state index in [2.05, 4.69) is 22.0 Å². The number of aromatic nitrogens is 1. The summed E-state index contributed by atoms with van der Waals surface area (Å²) in [6, 6.07) is 12.2. The molecule has 0 bridgehead atoms. The van der Waals surface area contributed by atoms with Crippen LogP contribution in [-0.2, 0) is 25.3 Å². The molecule has 3 heterocycles. The highest BCUT2D eigenvalue weighted by atomic mass is 35.5. The first-order valence-corrected chi connectivity index (χ1v) is 12.0. The summed E-state index contributed by atoms with van der Waals surface area (Å²) in [5, 5.41) is 0.395. The van der Waals surface area contributed by atoms with Crippen LogP contribution in [0.15, 0.2) is 36.4 Å². The molecule has 7 nitrogen and oxygen atoms in total. The number of rotatable bonds is 7. The normalized spacial score (nSPS) is 24.4. The predicted molar refractivity (Wildman–Crippen MR) is 133 cm³/mol. The lowest BCUT2D eigenvalue weighted by molar-refractivity contribution is -0.0860. The molecule has 2 saturated heterocycles. The molecule has 4 rings (SSSR count). The summed E-state index contributed by atoms with van der Waals surface area (Å²) in [5.41, 5.74) is 1.91. The molecule has 0 saturated carbocycles. The van der Waals surface area contributed by atoms with E-state index in [-0.39, 0.29) is 12.1 Å². The molecular formula is C25H34BClN2O5. The van der Waals surface area contributed by atoms with Gasteiger partial charge in [0.15, 0.2) is 0 Å². The van der Waals surface area contributed by atoms with Crippen LogP contribution in [0.25, 0.3) is 0 Å². The summed E-state index contributed by atoms with van der Waals surface area (Å²) in [6.07, 6.45) is -0.159. The Morgan fingerprint density at radius 1 is 1.09 bits per heavy atom. The molecule has 0 spiro atoms. The third-order valence-electron chi connectivity index (χ3n) is 7.01. The van der Waals surface area contributed by atoms with Gasteiger partial charge in [-0.3, -0.25) is 4.90 Å². The highest BCUT2D eigenvalue weighted by molar-refractivity contribution is 6.61. The third kappa shape index (κ3) is 5.43. The molecule has 0 amide bonds. The summed E-state index contributed by atoms with van der Waals surface area (Å²) in [6.45, 7) is 10.7.